The Bertz CT molecular complexity index is 596. The van der Waals surface area contributed by atoms with Gasteiger partial charge in [-0.1, -0.05) is 0 Å². The summed E-state index contributed by atoms with van der Waals surface area (Å²) in [5.41, 5.74) is 1.29. The molecule has 0 radical (unpaired) electrons. The summed E-state index contributed by atoms with van der Waals surface area (Å²) in [7, 11) is 0. The number of aromatic nitrogens is 2. The third-order valence-electron chi connectivity index (χ3n) is 4.03. The summed E-state index contributed by atoms with van der Waals surface area (Å²) in [5.74, 6) is 1.54. The van der Waals surface area contributed by atoms with E-state index in [1.807, 2.05) is 0 Å². The van der Waals surface area contributed by atoms with E-state index >= 15 is 0 Å². The van der Waals surface area contributed by atoms with E-state index in [9.17, 15) is 0 Å². The lowest BCUT2D eigenvalue weighted by Gasteiger charge is -2.15. The number of anilines is 1. The van der Waals surface area contributed by atoms with Crippen LogP contribution in [0.3, 0.4) is 0 Å². The number of thiophene rings is 1. The van der Waals surface area contributed by atoms with Gasteiger partial charge in [0, 0.05) is 23.9 Å². The van der Waals surface area contributed by atoms with Crippen molar-refractivity contribution < 1.29 is 4.74 Å². The van der Waals surface area contributed by atoms with Gasteiger partial charge in [-0.25, -0.2) is 9.97 Å². The molecule has 0 saturated carbocycles. The minimum Gasteiger partial charge on any atom is -0.378 e. The fraction of sp³-hybridized carbons (Fsp3) is 0.571. The first-order valence-electron chi connectivity index (χ1n) is 6.73. The molecule has 1 saturated heterocycles. The molecular weight excluding hydrogens is 258 g/mol. The van der Waals surface area contributed by atoms with Crippen LogP contribution in [0.1, 0.15) is 23.8 Å². The predicted molar refractivity (Wildman–Crippen MR) is 78.9 cm³/mol. The fourth-order valence-electron chi connectivity index (χ4n) is 2.59. The zero-order chi connectivity index (χ0) is 13.4. The average molecular weight is 277 g/mol. The maximum Gasteiger partial charge on any atom is 0.138 e. The Morgan fingerprint density at radius 2 is 2.26 bits per heavy atom. The van der Waals surface area contributed by atoms with Crippen LogP contribution in [-0.2, 0) is 4.74 Å². The van der Waals surface area contributed by atoms with Crippen LogP contribution >= 0.6 is 11.3 Å². The van der Waals surface area contributed by atoms with Gasteiger partial charge in [-0.2, -0.15) is 0 Å². The lowest BCUT2D eigenvalue weighted by Crippen LogP contribution is -2.21. The van der Waals surface area contributed by atoms with E-state index in [4.69, 9.17) is 4.74 Å². The number of rotatable bonds is 3. The highest BCUT2D eigenvalue weighted by molar-refractivity contribution is 7.18. The molecule has 2 aromatic rings. The van der Waals surface area contributed by atoms with Crippen LogP contribution < -0.4 is 5.32 Å². The molecule has 102 valence electrons. The maximum absolute atomic E-state index is 5.60. The van der Waals surface area contributed by atoms with Gasteiger partial charge in [0.05, 0.1) is 11.5 Å². The zero-order valence-corrected chi connectivity index (χ0v) is 12.4. The Morgan fingerprint density at radius 1 is 1.42 bits per heavy atom. The highest BCUT2D eigenvalue weighted by Gasteiger charge is 2.24. The number of nitrogens with one attached hydrogen (secondary N) is 1. The van der Waals surface area contributed by atoms with Gasteiger partial charge >= 0.3 is 0 Å². The summed E-state index contributed by atoms with van der Waals surface area (Å²) < 4.78 is 5.60. The van der Waals surface area contributed by atoms with Gasteiger partial charge < -0.3 is 10.1 Å². The standard InChI is InChI=1S/C14H19N3OS/c1-8-10(3)19-14-12(8)13(16-7-17-14)15-6-11-4-5-18-9(11)2/h7,9,11H,4-6H2,1-3H3,(H,15,16,17). The summed E-state index contributed by atoms with van der Waals surface area (Å²) in [5, 5.41) is 4.67. The van der Waals surface area contributed by atoms with Crippen LogP contribution in [0.4, 0.5) is 5.82 Å². The van der Waals surface area contributed by atoms with Gasteiger partial charge in [0.1, 0.15) is 17.0 Å². The number of aryl methyl sites for hydroxylation is 2. The van der Waals surface area contributed by atoms with Gasteiger partial charge in [0.2, 0.25) is 0 Å². The highest BCUT2D eigenvalue weighted by atomic mass is 32.1. The molecule has 3 rings (SSSR count). The molecule has 0 bridgehead atoms. The van der Waals surface area contributed by atoms with E-state index in [2.05, 4.69) is 36.1 Å². The first-order chi connectivity index (χ1) is 9.16. The van der Waals surface area contributed by atoms with Crippen molar-refractivity contribution in [1.82, 2.24) is 9.97 Å². The second kappa shape index (κ2) is 5.06. The zero-order valence-electron chi connectivity index (χ0n) is 11.6. The third kappa shape index (κ3) is 2.32. The van der Waals surface area contributed by atoms with E-state index in [0.717, 1.165) is 30.2 Å². The molecule has 1 aliphatic rings. The summed E-state index contributed by atoms with van der Waals surface area (Å²) in [6.07, 6.45) is 3.12. The van der Waals surface area contributed by atoms with Crippen LogP contribution in [-0.4, -0.2) is 29.2 Å². The largest absolute Gasteiger partial charge is 0.378 e. The van der Waals surface area contributed by atoms with Gasteiger partial charge in [0.25, 0.3) is 0 Å². The number of ether oxygens (including phenoxy) is 1. The Kier molecular flexibility index (Phi) is 3.41. The molecule has 5 heteroatoms. The van der Waals surface area contributed by atoms with Crippen molar-refractivity contribution in [2.75, 3.05) is 18.5 Å². The minimum absolute atomic E-state index is 0.343. The highest BCUT2D eigenvalue weighted by Crippen LogP contribution is 2.32. The molecule has 2 unspecified atom stereocenters. The molecule has 19 heavy (non-hydrogen) atoms. The molecule has 3 heterocycles. The molecule has 1 N–H and O–H groups in total. The van der Waals surface area contributed by atoms with Gasteiger partial charge in [-0.15, -0.1) is 11.3 Å². The van der Waals surface area contributed by atoms with E-state index < -0.39 is 0 Å². The number of fused-ring (bicyclic) bond motifs is 1. The Labute approximate surface area is 117 Å². The second-order valence-electron chi connectivity index (χ2n) is 5.19. The molecule has 0 aromatic carbocycles. The monoisotopic (exact) mass is 277 g/mol. The first kappa shape index (κ1) is 12.8. The third-order valence-corrected chi connectivity index (χ3v) is 5.15. The van der Waals surface area contributed by atoms with E-state index in [1.54, 1.807) is 17.7 Å². The van der Waals surface area contributed by atoms with E-state index in [-0.39, 0.29) is 0 Å². The molecular formula is C14H19N3OS. The summed E-state index contributed by atoms with van der Waals surface area (Å²) in [6.45, 7) is 8.22. The molecule has 0 spiro atoms. The second-order valence-corrected chi connectivity index (χ2v) is 6.39. The Morgan fingerprint density at radius 3 is 3.00 bits per heavy atom. The van der Waals surface area contributed by atoms with Crippen LogP contribution in [0.5, 0.6) is 0 Å². The van der Waals surface area contributed by atoms with Crippen molar-refractivity contribution in [2.24, 2.45) is 5.92 Å². The van der Waals surface area contributed by atoms with Crippen LogP contribution in [0, 0.1) is 19.8 Å². The quantitative estimate of drug-likeness (QED) is 0.936. The lowest BCUT2D eigenvalue weighted by atomic mass is 10.0. The SMILES string of the molecule is Cc1sc2ncnc(NCC3CCOC3C)c2c1C. The van der Waals surface area contributed by atoms with Crippen molar-refractivity contribution >= 4 is 27.4 Å². The Balaban J connectivity index is 1.84. The molecule has 0 amide bonds. The molecule has 0 aliphatic carbocycles. The Hall–Kier alpha value is -1.20. The summed E-state index contributed by atoms with van der Waals surface area (Å²) in [6, 6.07) is 0. The van der Waals surface area contributed by atoms with Crippen molar-refractivity contribution in [3.63, 3.8) is 0 Å². The smallest absolute Gasteiger partial charge is 0.138 e. The topological polar surface area (TPSA) is 47.0 Å². The molecule has 1 fully saturated rings. The number of nitrogens with zero attached hydrogens (tertiary/aromatic N) is 2. The summed E-state index contributed by atoms with van der Waals surface area (Å²) in [4.78, 5) is 11.2. The normalized spacial score (nSPS) is 23.1. The maximum atomic E-state index is 5.60. The lowest BCUT2D eigenvalue weighted by molar-refractivity contribution is 0.108. The number of hydrogen-bond acceptors (Lipinski definition) is 5. The molecule has 4 nitrogen and oxygen atoms in total. The van der Waals surface area contributed by atoms with Crippen LogP contribution in [0.2, 0.25) is 0 Å². The molecule has 2 atom stereocenters. The van der Waals surface area contributed by atoms with Crippen LogP contribution in [0.25, 0.3) is 10.2 Å². The van der Waals surface area contributed by atoms with E-state index in [0.29, 0.717) is 12.0 Å². The minimum atomic E-state index is 0.343. The van der Waals surface area contributed by atoms with Crippen molar-refractivity contribution in [3.8, 4) is 0 Å². The number of hydrogen-bond donors (Lipinski definition) is 1. The molecule has 2 aromatic heterocycles. The van der Waals surface area contributed by atoms with Crippen molar-refractivity contribution in [2.45, 2.75) is 33.3 Å². The van der Waals surface area contributed by atoms with Crippen molar-refractivity contribution in [1.29, 1.82) is 0 Å². The fourth-order valence-corrected chi connectivity index (χ4v) is 3.59. The van der Waals surface area contributed by atoms with Gasteiger partial charge in [0.15, 0.2) is 0 Å². The predicted octanol–water partition coefficient (Wildman–Crippen LogP) is 3.15. The molecule has 1 aliphatic heterocycles. The van der Waals surface area contributed by atoms with Gasteiger partial charge in [-0.3, -0.25) is 0 Å². The average Bonchev–Trinajstić information content (AvgIpc) is 2.92. The van der Waals surface area contributed by atoms with Gasteiger partial charge in [-0.05, 0) is 32.8 Å². The van der Waals surface area contributed by atoms with Crippen molar-refractivity contribution in [3.05, 3.63) is 16.8 Å². The van der Waals surface area contributed by atoms with E-state index in [1.165, 1.54) is 15.8 Å². The first-order valence-corrected chi connectivity index (χ1v) is 7.54. The summed E-state index contributed by atoms with van der Waals surface area (Å²) >= 11 is 1.74. The van der Waals surface area contributed by atoms with Crippen LogP contribution in [0.15, 0.2) is 6.33 Å².